The number of hydrogen-bond acceptors (Lipinski definition) is 8. The number of hydrogen-bond donors (Lipinski definition) is 3. The molecule has 0 aliphatic heterocycles. The minimum atomic E-state index is -0.776. The van der Waals surface area contributed by atoms with Crippen molar-refractivity contribution in [1.29, 1.82) is 0 Å². The van der Waals surface area contributed by atoms with Crippen molar-refractivity contribution in [3.05, 3.63) is 77.4 Å². The van der Waals surface area contributed by atoms with Crippen molar-refractivity contribution in [3.8, 4) is 17.2 Å². The molecule has 0 spiro atoms. The first kappa shape index (κ1) is 38.4. The van der Waals surface area contributed by atoms with E-state index in [1.54, 1.807) is 49.5 Å². The monoisotopic (exact) mass is 669 g/mol. The summed E-state index contributed by atoms with van der Waals surface area (Å²) in [7, 11) is 4.48. The van der Waals surface area contributed by atoms with Gasteiger partial charge in [-0.3, -0.25) is 19.3 Å². The molecule has 0 heterocycles. The van der Waals surface area contributed by atoms with Crippen LogP contribution in [-0.2, 0) is 4.79 Å². The van der Waals surface area contributed by atoms with Gasteiger partial charge in [-0.2, -0.15) is 0 Å². The maximum atomic E-state index is 13.6. The van der Waals surface area contributed by atoms with Crippen LogP contribution in [0, 0.1) is 6.92 Å². The molecule has 5 amide bonds. The highest BCUT2D eigenvalue weighted by Gasteiger charge is 2.21. The molecule has 12 nitrogen and oxygen atoms in total. The predicted octanol–water partition coefficient (Wildman–Crippen LogP) is 5.16. The topological polar surface area (TPSA) is 167 Å². The second kappa shape index (κ2) is 19.0. The molecule has 0 unspecified atom stereocenters. The number of carbonyl (C=O) groups is 4. The molecular formula is C34H44ClN5O7. The quantitative estimate of drug-likeness (QED) is 0.176. The van der Waals surface area contributed by atoms with E-state index in [1.807, 2.05) is 25.1 Å². The van der Waals surface area contributed by atoms with Crippen molar-refractivity contribution in [3.63, 3.8) is 0 Å². The zero-order valence-corrected chi connectivity index (χ0v) is 28.1. The minimum Gasteiger partial charge on any atom is -0.495 e. The van der Waals surface area contributed by atoms with E-state index in [0.29, 0.717) is 85.2 Å². The molecule has 0 atom stereocenters. The van der Waals surface area contributed by atoms with Crippen molar-refractivity contribution in [2.24, 2.45) is 11.5 Å². The molecular weight excluding hydrogens is 626 g/mol. The fraction of sp³-hybridized carbons (Fsp3) is 0.353. The third kappa shape index (κ3) is 10.9. The van der Waals surface area contributed by atoms with Gasteiger partial charge in [-0.05, 0) is 87.2 Å². The number of aryl methyl sites for hydroxylation is 1. The number of halogens is 1. The lowest BCUT2D eigenvalue weighted by molar-refractivity contribution is -0.127. The highest BCUT2D eigenvalue weighted by atomic mass is 35.5. The van der Waals surface area contributed by atoms with Gasteiger partial charge in [-0.25, -0.2) is 4.79 Å². The number of para-hydroxylation sites is 1. The summed E-state index contributed by atoms with van der Waals surface area (Å²) in [5, 5.41) is 2.85. The second-order valence-electron chi connectivity index (χ2n) is 10.6. The zero-order valence-electron chi connectivity index (χ0n) is 27.2. The van der Waals surface area contributed by atoms with Crippen LogP contribution in [0.25, 0.3) is 0 Å². The first-order valence-electron chi connectivity index (χ1n) is 15.1. The molecule has 47 heavy (non-hydrogen) atoms. The standard InChI is InChI=1S/C34H43N5O7.ClH/c1-23-14-17-27(30(21-23)46-19-9-5-6-13-31(40)39(3)34(36)43)38(2)33(42)24-15-16-26(29(22-24)44-4)37-32(41)25-11-7-8-12-28(25)45-20-10-18-35;/h7-8,11-12,14-17,21-22H,5-6,9-10,13,18-20,35H2,1-4H3,(H2,36,43)(H,37,41);1H. The fourth-order valence-corrected chi connectivity index (χ4v) is 4.51. The number of nitrogens with two attached hydrogens (primary N) is 2. The maximum absolute atomic E-state index is 13.6. The first-order valence-corrected chi connectivity index (χ1v) is 15.1. The third-order valence-electron chi connectivity index (χ3n) is 7.21. The summed E-state index contributed by atoms with van der Waals surface area (Å²) >= 11 is 0. The Hall–Kier alpha value is -4.81. The summed E-state index contributed by atoms with van der Waals surface area (Å²) in [5.74, 6) is 0.291. The highest BCUT2D eigenvalue weighted by Crippen LogP contribution is 2.32. The average molecular weight is 670 g/mol. The van der Waals surface area contributed by atoms with Crippen LogP contribution in [0.5, 0.6) is 17.2 Å². The van der Waals surface area contributed by atoms with Gasteiger partial charge in [0.05, 0.1) is 37.3 Å². The van der Waals surface area contributed by atoms with Crippen LogP contribution in [0.3, 0.4) is 0 Å². The Balaban J connectivity index is 0.00000768. The van der Waals surface area contributed by atoms with E-state index in [2.05, 4.69) is 5.32 Å². The number of anilines is 2. The van der Waals surface area contributed by atoms with E-state index < -0.39 is 6.03 Å². The van der Waals surface area contributed by atoms with Crippen LogP contribution in [0.15, 0.2) is 60.7 Å². The van der Waals surface area contributed by atoms with Crippen LogP contribution < -0.4 is 35.9 Å². The summed E-state index contributed by atoms with van der Waals surface area (Å²) < 4.78 is 17.3. The Kier molecular flexibility index (Phi) is 15.5. The normalized spacial score (nSPS) is 10.3. The molecule has 3 aromatic rings. The molecule has 0 fully saturated rings. The number of ether oxygens (including phenoxy) is 3. The molecule has 0 aromatic heterocycles. The van der Waals surface area contributed by atoms with Crippen molar-refractivity contribution < 1.29 is 33.4 Å². The molecule has 0 saturated heterocycles. The summed E-state index contributed by atoms with van der Waals surface area (Å²) in [6, 6.07) is 16.5. The Morgan fingerprint density at radius 2 is 1.53 bits per heavy atom. The van der Waals surface area contributed by atoms with Crippen molar-refractivity contribution in [2.45, 2.75) is 39.0 Å². The van der Waals surface area contributed by atoms with Gasteiger partial charge in [0.1, 0.15) is 17.2 Å². The number of benzene rings is 3. The van der Waals surface area contributed by atoms with Gasteiger partial charge in [-0.1, -0.05) is 18.2 Å². The Bertz CT molecular complexity index is 1530. The van der Waals surface area contributed by atoms with Crippen LogP contribution in [0.2, 0.25) is 0 Å². The Morgan fingerprint density at radius 1 is 0.830 bits per heavy atom. The lowest BCUT2D eigenvalue weighted by Gasteiger charge is -2.22. The molecule has 254 valence electrons. The number of nitrogens with zero attached hydrogens (tertiary/aromatic N) is 2. The summed E-state index contributed by atoms with van der Waals surface area (Å²) in [6.45, 7) is 3.18. The van der Waals surface area contributed by atoms with Crippen LogP contribution in [0.1, 0.15) is 58.4 Å². The number of carbonyl (C=O) groups excluding carboxylic acids is 4. The van der Waals surface area contributed by atoms with E-state index in [0.717, 1.165) is 10.5 Å². The Morgan fingerprint density at radius 3 is 2.23 bits per heavy atom. The molecule has 3 rings (SSSR count). The number of primary amides is 1. The molecule has 0 radical (unpaired) electrons. The zero-order chi connectivity index (χ0) is 33.6. The number of nitrogens with one attached hydrogen (secondary N) is 1. The van der Waals surface area contributed by atoms with Gasteiger partial charge in [-0.15, -0.1) is 12.4 Å². The van der Waals surface area contributed by atoms with Gasteiger partial charge in [0.15, 0.2) is 0 Å². The Labute approximate surface area is 281 Å². The van der Waals surface area contributed by atoms with Gasteiger partial charge in [0.25, 0.3) is 11.8 Å². The van der Waals surface area contributed by atoms with Crippen molar-refractivity contribution >= 4 is 47.5 Å². The lowest BCUT2D eigenvalue weighted by Crippen LogP contribution is -2.37. The molecule has 13 heteroatoms. The van der Waals surface area contributed by atoms with E-state index in [9.17, 15) is 19.2 Å². The summed E-state index contributed by atoms with van der Waals surface area (Å²) in [4.78, 5) is 52.2. The number of unbranched alkanes of at least 4 members (excludes halogenated alkanes) is 2. The van der Waals surface area contributed by atoms with Gasteiger partial charge in [0.2, 0.25) is 5.91 Å². The van der Waals surface area contributed by atoms with Crippen molar-refractivity contribution in [2.75, 3.05) is 51.2 Å². The number of amides is 5. The lowest BCUT2D eigenvalue weighted by atomic mass is 10.1. The molecule has 3 aromatic carbocycles. The van der Waals surface area contributed by atoms with E-state index >= 15 is 0 Å². The molecule has 0 aliphatic rings. The summed E-state index contributed by atoms with van der Waals surface area (Å²) in [6.07, 6.45) is 2.85. The predicted molar refractivity (Wildman–Crippen MR) is 184 cm³/mol. The highest BCUT2D eigenvalue weighted by molar-refractivity contribution is 6.09. The number of rotatable bonds is 16. The van der Waals surface area contributed by atoms with Gasteiger partial charge in [0, 0.05) is 26.1 Å². The fourth-order valence-electron chi connectivity index (χ4n) is 4.51. The van der Waals surface area contributed by atoms with E-state index in [-0.39, 0.29) is 36.5 Å². The molecule has 0 saturated carbocycles. The molecule has 5 N–H and O–H groups in total. The molecule has 0 aliphatic carbocycles. The minimum absolute atomic E-state index is 0. The second-order valence-corrected chi connectivity index (χ2v) is 10.6. The average Bonchev–Trinajstić information content (AvgIpc) is 3.05. The van der Waals surface area contributed by atoms with E-state index in [4.69, 9.17) is 25.7 Å². The van der Waals surface area contributed by atoms with Gasteiger partial charge < -0.3 is 35.9 Å². The maximum Gasteiger partial charge on any atom is 0.321 e. The molecule has 0 bridgehead atoms. The van der Waals surface area contributed by atoms with Crippen LogP contribution in [-0.4, -0.2) is 69.6 Å². The van der Waals surface area contributed by atoms with Crippen molar-refractivity contribution in [1.82, 2.24) is 4.90 Å². The smallest absolute Gasteiger partial charge is 0.321 e. The number of methoxy groups -OCH3 is 1. The summed E-state index contributed by atoms with van der Waals surface area (Å²) in [5.41, 5.74) is 13.3. The van der Waals surface area contributed by atoms with Crippen LogP contribution in [0.4, 0.5) is 16.2 Å². The van der Waals surface area contributed by atoms with Crippen LogP contribution >= 0.6 is 12.4 Å². The number of urea groups is 1. The largest absolute Gasteiger partial charge is 0.495 e. The first-order chi connectivity index (χ1) is 22.1. The van der Waals surface area contributed by atoms with E-state index in [1.165, 1.54) is 19.1 Å². The van der Waals surface area contributed by atoms with Gasteiger partial charge >= 0.3 is 6.03 Å². The SMILES string of the molecule is COc1cc(C(=O)N(C)c2ccc(C)cc2OCCCCCC(=O)N(C)C(N)=O)ccc1NC(=O)c1ccccc1OCCCN.Cl. The number of imide groups is 1. The third-order valence-corrected chi connectivity index (χ3v) is 7.21.